The van der Waals surface area contributed by atoms with Crippen molar-refractivity contribution in [1.29, 1.82) is 0 Å². The van der Waals surface area contributed by atoms with Crippen molar-refractivity contribution in [2.75, 3.05) is 13.2 Å². The minimum atomic E-state index is -1.73. The third kappa shape index (κ3) is 8.33. The molecule has 0 aromatic carbocycles. The van der Waals surface area contributed by atoms with Crippen LogP contribution in [-0.2, 0) is 18.9 Å². The summed E-state index contributed by atoms with van der Waals surface area (Å²) in [6.07, 6.45) is -2.08. The van der Waals surface area contributed by atoms with E-state index in [1.54, 1.807) is 13.0 Å². The van der Waals surface area contributed by atoms with Crippen molar-refractivity contribution in [2.45, 2.75) is 121 Å². The van der Waals surface area contributed by atoms with Crippen LogP contribution in [0.15, 0.2) is 47.1 Å². The van der Waals surface area contributed by atoms with Crippen LogP contribution in [0.25, 0.3) is 0 Å². The summed E-state index contributed by atoms with van der Waals surface area (Å²) in [4.78, 5) is 0. The molecule has 2 aliphatic heterocycles. The van der Waals surface area contributed by atoms with Crippen LogP contribution < -0.4 is 0 Å². The topological polar surface area (TPSA) is 179 Å². The molecule has 1 aliphatic carbocycles. The first-order valence-electron chi connectivity index (χ1n) is 14.3. The van der Waals surface area contributed by atoms with Crippen LogP contribution in [0.3, 0.4) is 0 Å². The average Bonchev–Trinajstić information content (AvgIpc) is 2.92. The molecule has 2 fully saturated rings. The van der Waals surface area contributed by atoms with Gasteiger partial charge in [-0.1, -0.05) is 55.4 Å². The highest BCUT2D eigenvalue weighted by Crippen LogP contribution is 2.40. The highest BCUT2D eigenvalue weighted by atomic mass is 16.7. The first kappa shape index (κ1) is 34.0. The lowest BCUT2D eigenvalue weighted by Gasteiger charge is -2.46. The molecule has 0 saturated carbocycles. The molecule has 11 atom stereocenters. The van der Waals surface area contributed by atoms with E-state index in [2.05, 4.69) is 32.9 Å². The summed E-state index contributed by atoms with van der Waals surface area (Å²) in [5, 5.41) is 70.9. The molecule has 0 spiro atoms. The van der Waals surface area contributed by atoms with E-state index < -0.39 is 80.7 Å². The Labute approximate surface area is 242 Å². The van der Waals surface area contributed by atoms with Crippen LogP contribution in [0.1, 0.15) is 53.9 Å². The lowest BCUT2D eigenvalue weighted by molar-refractivity contribution is -0.361. The van der Waals surface area contributed by atoms with Gasteiger partial charge in [0.2, 0.25) is 0 Å². The maximum absolute atomic E-state index is 10.8. The second-order valence-corrected chi connectivity index (χ2v) is 11.9. The Morgan fingerprint density at radius 3 is 2.22 bits per heavy atom. The molecule has 3 rings (SSSR count). The van der Waals surface area contributed by atoms with Gasteiger partial charge in [-0.2, -0.15) is 0 Å². The maximum atomic E-state index is 10.8. The number of rotatable bonds is 10. The molecule has 0 aromatic heterocycles. The number of hydrogen-bond acceptors (Lipinski definition) is 11. The SMILES string of the molecule is CC1=C(/C=C/C(C)=C/C=C/C(C)OC2O[C@H](CO)[C@@H](OC3O[C@H](CO)[C@@H](O)[C@H](O)[C@H]3O)[C@H](O)[C@H]2O)C(C)(C)CCC1. The van der Waals surface area contributed by atoms with Crippen molar-refractivity contribution >= 4 is 0 Å². The Morgan fingerprint density at radius 1 is 0.951 bits per heavy atom. The average molecular weight is 585 g/mol. The van der Waals surface area contributed by atoms with Crippen LogP contribution in [0, 0.1) is 5.41 Å². The van der Waals surface area contributed by atoms with Crippen molar-refractivity contribution in [3.8, 4) is 0 Å². The summed E-state index contributed by atoms with van der Waals surface area (Å²) in [5.74, 6) is 0. The molecule has 11 nitrogen and oxygen atoms in total. The molecule has 3 aliphatic rings. The second-order valence-electron chi connectivity index (χ2n) is 11.9. The Morgan fingerprint density at radius 2 is 1.59 bits per heavy atom. The third-order valence-corrected chi connectivity index (χ3v) is 8.11. The lowest BCUT2D eigenvalue weighted by Crippen LogP contribution is -2.64. The molecule has 3 unspecified atom stereocenters. The fourth-order valence-corrected chi connectivity index (χ4v) is 5.57. The monoisotopic (exact) mass is 584 g/mol. The van der Waals surface area contributed by atoms with Crippen molar-refractivity contribution in [3.63, 3.8) is 0 Å². The fraction of sp³-hybridized carbons (Fsp3) is 0.733. The highest BCUT2D eigenvalue weighted by molar-refractivity contribution is 5.36. The van der Waals surface area contributed by atoms with Crippen LogP contribution in [0.4, 0.5) is 0 Å². The van der Waals surface area contributed by atoms with Gasteiger partial charge < -0.3 is 54.7 Å². The van der Waals surface area contributed by atoms with Gasteiger partial charge in [-0.15, -0.1) is 0 Å². The second kappa shape index (κ2) is 14.8. The van der Waals surface area contributed by atoms with E-state index in [9.17, 15) is 35.7 Å². The summed E-state index contributed by atoms with van der Waals surface area (Å²) in [6, 6.07) is 0. The Balaban J connectivity index is 1.59. The summed E-state index contributed by atoms with van der Waals surface area (Å²) in [5.41, 5.74) is 4.02. The van der Waals surface area contributed by atoms with Crippen LogP contribution >= 0.6 is 0 Å². The predicted octanol–water partition coefficient (Wildman–Crippen LogP) is 0.601. The van der Waals surface area contributed by atoms with Gasteiger partial charge in [0.15, 0.2) is 12.6 Å². The maximum Gasteiger partial charge on any atom is 0.187 e. The standard InChI is InChI=1S/C30H48O11/c1-16(11-12-19-17(2)9-7-13-30(19,4)5)8-6-10-18(3)38-28-26(37)24(35)27(21(15-32)40-28)41-29-25(36)23(34)22(33)20(14-31)39-29/h6,8,10-12,18,20-29,31-37H,7,9,13-15H2,1-5H3/b10-6+,12-11+,16-8+/t18?,20-,21-,22-,23+,24-,25-,26-,27-,28?,29?/m1/s1. The van der Waals surface area contributed by atoms with E-state index >= 15 is 0 Å². The van der Waals surface area contributed by atoms with E-state index in [1.807, 2.05) is 19.1 Å². The van der Waals surface area contributed by atoms with Gasteiger partial charge in [0.1, 0.15) is 48.8 Å². The van der Waals surface area contributed by atoms with Gasteiger partial charge in [0, 0.05) is 0 Å². The van der Waals surface area contributed by atoms with E-state index in [0.29, 0.717) is 0 Å². The minimum Gasteiger partial charge on any atom is -0.394 e. The van der Waals surface area contributed by atoms with Crippen LogP contribution in [0.2, 0.25) is 0 Å². The Hall–Kier alpha value is -1.48. The predicted molar refractivity (Wildman–Crippen MR) is 149 cm³/mol. The largest absolute Gasteiger partial charge is 0.394 e. The van der Waals surface area contributed by atoms with Gasteiger partial charge in [-0.3, -0.25) is 0 Å². The van der Waals surface area contributed by atoms with Crippen molar-refractivity contribution in [1.82, 2.24) is 0 Å². The van der Waals surface area contributed by atoms with Gasteiger partial charge in [0.05, 0.1) is 19.3 Å². The van der Waals surface area contributed by atoms with Gasteiger partial charge in [0.25, 0.3) is 0 Å². The first-order chi connectivity index (χ1) is 19.3. The Kier molecular flexibility index (Phi) is 12.3. The molecule has 0 aromatic rings. The lowest BCUT2D eigenvalue weighted by atomic mass is 9.72. The molecule has 11 heteroatoms. The third-order valence-electron chi connectivity index (χ3n) is 8.11. The molecule has 7 N–H and O–H groups in total. The van der Waals surface area contributed by atoms with Crippen LogP contribution in [0.5, 0.6) is 0 Å². The zero-order valence-corrected chi connectivity index (χ0v) is 24.5. The number of aliphatic hydroxyl groups excluding tert-OH is 7. The summed E-state index contributed by atoms with van der Waals surface area (Å²) >= 11 is 0. The zero-order valence-electron chi connectivity index (χ0n) is 24.5. The molecule has 0 amide bonds. The Bertz CT molecular complexity index is 969. The van der Waals surface area contributed by atoms with E-state index in [1.165, 1.54) is 24.0 Å². The van der Waals surface area contributed by atoms with E-state index in [0.717, 1.165) is 12.0 Å². The molecule has 0 radical (unpaired) electrons. The van der Waals surface area contributed by atoms with E-state index in [-0.39, 0.29) is 5.41 Å². The molecular weight excluding hydrogens is 536 g/mol. The smallest absolute Gasteiger partial charge is 0.187 e. The number of aliphatic hydroxyl groups is 7. The molecule has 2 saturated heterocycles. The molecule has 41 heavy (non-hydrogen) atoms. The van der Waals surface area contributed by atoms with E-state index in [4.69, 9.17) is 18.9 Å². The van der Waals surface area contributed by atoms with Crippen LogP contribution in [-0.4, -0.2) is 116 Å². The summed E-state index contributed by atoms with van der Waals surface area (Å²) in [6.45, 7) is 9.20. The first-order valence-corrected chi connectivity index (χ1v) is 14.3. The zero-order chi connectivity index (χ0) is 30.5. The van der Waals surface area contributed by atoms with Crippen molar-refractivity contribution < 1.29 is 54.7 Å². The fourth-order valence-electron chi connectivity index (χ4n) is 5.57. The minimum absolute atomic E-state index is 0.161. The number of allylic oxidation sites excluding steroid dienone is 7. The van der Waals surface area contributed by atoms with Crippen molar-refractivity contribution in [3.05, 3.63) is 47.1 Å². The summed E-state index contributed by atoms with van der Waals surface area (Å²) in [7, 11) is 0. The molecule has 0 bridgehead atoms. The molecule has 2 heterocycles. The van der Waals surface area contributed by atoms with Crippen molar-refractivity contribution in [2.24, 2.45) is 5.41 Å². The molecule has 234 valence electrons. The number of ether oxygens (including phenoxy) is 4. The van der Waals surface area contributed by atoms with Gasteiger partial charge in [-0.25, -0.2) is 0 Å². The van der Waals surface area contributed by atoms with Gasteiger partial charge in [-0.05, 0) is 51.0 Å². The van der Waals surface area contributed by atoms with Gasteiger partial charge >= 0.3 is 0 Å². The highest BCUT2D eigenvalue weighted by Gasteiger charge is 2.50. The summed E-state index contributed by atoms with van der Waals surface area (Å²) < 4.78 is 22.3. The quantitative estimate of drug-likeness (QED) is 0.179. The normalized spacial score (nSPS) is 39.6. The molecular formula is C30H48O11. The number of hydrogen-bond donors (Lipinski definition) is 7.